The molecule has 0 unspecified atom stereocenters. The van der Waals surface area contributed by atoms with Crippen LogP contribution in [-0.4, -0.2) is 0 Å². The maximum atomic E-state index is 11.5. The van der Waals surface area contributed by atoms with E-state index in [1.54, 1.807) is 0 Å². The lowest BCUT2D eigenvalue weighted by molar-refractivity contribution is 0.303. The van der Waals surface area contributed by atoms with E-state index in [4.69, 9.17) is 9.15 Å². The van der Waals surface area contributed by atoms with Gasteiger partial charge >= 0.3 is 5.63 Å². The molecular weight excluding hydrogens is 276 g/mol. The van der Waals surface area contributed by atoms with Crippen molar-refractivity contribution < 1.29 is 9.15 Å². The van der Waals surface area contributed by atoms with Crippen LogP contribution in [0.2, 0.25) is 0 Å². The minimum Gasteiger partial charge on any atom is -0.488 e. The fourth-order valence-corrected chi connectivity index (χ4v) is 2.54. The Morgan fingerprint density at radius 1 is 1.09 bits per heavy atom. The van der Waals surface area contributed by atoms with E-state index >= 15 is 0 Å². The molecule has 0 saturated carbocycles. The average Bonchev–Trinajstić information content (AvgIpc) is 2.53. The van der Waals surface area contributed by atoms with Crippen LogP contribution in [-0.2, 0) is 13.0 Å². The molecule has 3 nitrogen and oxygen atoms in total. The lowest BCUT2D eigenvalue weighted by Crippen LogP contribution is -2.01. The van der Waals surface area contributed by atoms with E-state index in [9.17, 15) is 4.79 Å². The summed E-state index contributed by atoms with van der Waals surface area (Å²) >= 11 is 0. The average molecular weight is 294 g/mol. The Hall–Kier alpha value is -2.55. The van der Waals surface area contributed by atoms with Crippen LogP contribution < -0.4 is 10.4 Å². The summed E-state index contributed by atoms with van der Waals surface area (Å²) in [5.41, 5.74) is 3.39. The first-order valence-corrected chi connectivity index (χ1v) is 7.41. The van der Waals surface area contributed by atoms with Crippen LogP contribution in [0.4, 0.5) is 0 Å². The molecule has 0 bridgehead atoms. The number of rotatable bonds is 4. The molecule has 2 aromatic carbocycles. The molecule has 0 radical (unpaired) electrons. The van der Waals surface area contributed by atoms with Crippen molar-refractivity contribution in [2.75, 3.05) is 0 Å². The zero-order valence-corrected chi connectivity index (χ0v) is 12.8. The second-order valence-corrected chi connectivity index (χ2v) is 5.33. The molecule has 0 aliphatic rings. The van der Waals surface area contributed by atoms with Crippen LogP contribution >= 0.6 is 0 Å². The molecule has 0 fully saturated rings. The summed E-state index contributed by atoms with van der Waals surface area (Å²) in [5, 5.41) is 0.962. The molecule has 3 rings (SSSR count). The quantitative estimate of drug-likeness (QED) is 0.675. The van der Waals surface area contributed by atoms with E-state index < -0.39 is 0 Å². The van der Waals surface area contributed by atoms with E-state index in [0.29, 0.717) is 12.2 Å². The Balaban J connectivity index is 1.99. The SMILES string of the molecule is CCc1cc2c(C)cc(=O)oc2cc1OCc1ccccc1. The number of hydrogen-bond acceptors (Lipinski definition) is 3. The fourth-order valence-electron chi connectivity index (χ4n) is 2.54. The highest BCUT2D eigenvalue weighted by Gasteiger charge is 2.09. The molecule has 0 spiro atoms. The zero-order valence-electron chi connectivity index (χ0n) is 12.8. The van der Waals surface area contributed by atoms with Gasteiger partial charge in [0.2, 0.25) is 0 Å². The second kappa shape index (κ2) is 6.06. The van der Waals surface area contributed by atoms with Crippen molar-refractivity contribution in [1.29, 1.82) is 0 Å². The third-order valence-corrected chi connectivity index (χ3v) is 3.75. The van der Waals surface area contributed by atoms with Gasteiger partial charge in [-0.1, -0.05) is 37.3 Å². The Morgan fingerprint density at radius 2 is 1.86 bits per heavy atom. The molecular formula is C19H18O3. The first-order valence-electron chi connectivity index (χ1n) is 7.41. The van der Waals surface area contributed by atoms with Gasteiger partial charge in [0.05, 0.1) is 0 Å². The fraction of sp³-hybridized carbons (Fsp3) is 0.211. The van der Waals surface area contributed by atoms with Crippen LogP contribution in [0.5, 0.6) is 5.75 Å². The molecule has 0 N–H and O–H groups in total. The van der Waals surface area contributed by atoms with Crippen LogP contribution in [0.3, 0.4) is 0 Å². The summed E-state index contributed by atoms with van der Waals surface area (Å²) in [6.07, 6.45) is 0.860. The molecule has 1 heterocycles. The van der Waals surface area contributed by atoms with Gasteiger partial charge < -0.3 is 9.15 Å². The number of hydrogen-bond donors (Lipinski definition) is 0. The molecule has 0 saturated heterocycles. The molecule has 1 aromatic heterocycles. The minimum atomic E-state index is -0.330. The number of aryl methyl sites for hydroxylation is 2. The van der Waals surface area contributed by atoms with Gasteiger partial charge in [0.15, 0.2) is 0 Å². The number of fused-ring (bicyclic) bond motifs is 1. The monoisotopic (exact) mass is 294 g/mol. The van der Waals surface area contributed by atoms with Crippen LogP contribution in [0.25, 0.3) is 11.0 Å². The van der Waals surface area contributed by atoms with Crippen molar-refractivity contribution in [3.05, 3.63) is 75.6 Å². The van der Waals surface area contributed by atoms with Gasteiger partial charge in [-0.3, -0.25) is 0 Å². The van der Waals surface area contributed by atoms with Crippen LogP contribution in [0, 0.1) is 6.92 Å². The molecule has 3 aromatic rings. The third kappa shape index (κ3) is 2.89. The normalized spacial score (nSPS) is 10.8. The molecule has 3 heteroatoms. The topological polar surface area (TPSA) is 39.4 Å². The molecule has 0 atom stereocenters. The molecule has 0 amide bonds. The van der Waals surface area contributed by atoms with Crippen LogP contribution in [0.15, 0.2) is 57.7 Å². The molecule has 112 valence electrons. The predicted octanol–water partition coefficient (Wildman–Crippen LogP) is 4.24. The van der Waals surface area contributed by atoms with Crippen molar-refractivity contribution in [2.24, 2.45) is 0 Å². The van der Waals surface area contributed by atoms with Crippen molar-refractivity contribution in [1.82, 2.24) is 0 Å². The van der Waals surface area contributed by atoms with Crippen molar-refractivity contribution in [2.45, 2.75) is 26.9 Å². The largest absolute Gasteiger partial charge is 0.488 e. The minimum absolute atomic E-state index is 0.330. The smallest absolute Gasteiger partial charge is 0.336 e. The van der Waals surface area contributed by atoms with Gasteiger partial charge in [0.1, 0.15) is 17.9 Å². The van der Waals surface area contributed by atoms with Gasteiger partial charge in [-0.25, -0.2) is 4.79 Å². The van der Waals surface area contributed by atoms with Gasteiger partial charge in [-0.2, -0.15) is 0 Å². The highest BCUT2D eigenvalue weighted by atomic mass is 16.5. The van der Waals surface area contributed by atoms with Crippen molar-refractivity contribution in [3.8, 4) is 5.75 Å². The highest BCUT2D eigenvalue weighted by molar-refractivity contribution is 5.82. The lowest BCUT2D eigenvalue weighted by atomic mass is 10.1. The molecule has 0 aliphatic carbocycles. The highest BCUT2D eigenvalue weighted by Crippen LogP contribution is 2.28. The Bertz CT molecular complexity index is 848. The van der Waals surface area contributed by atoms with Crippen LogP contribution in [0.1, 0.15) is 23.6 Å². The maximum Gasteiger partial charge on any atom is 0.336 e. The van der Waals surface area contributed by atoms with Crippen molar-refractivity contribution in [3.63, 3.8) is 0 Å². The van der Waals surface area contributed by atoms with Gasteiger partial charge in [0, 0.05) is 17.5 Å². The van der Waals surface area contributed by atoms with Crippen molar-refractivity contribution >= 4 is 11.0 Å². The van der Waals surface area contributed by atoms with E-state index in [1.165, 1.54) is 6.07 Å². The van der Waals surface area contributed by atoms with Gasteiger partial charge in [-0.15, -0.1) is 0 Å². The Morgan fingerprint density at radius 3 is 2.59 bits per heavy atom. The molecule has 0 aliphatic heterocycles. The first-order chi connectivity index (χ1) is 10.7. The summed E-state index contributed by atoms with van der Waals surface area (Å²) in [4.78, 5) is 11.5. The summed E-state index contributed by atoms with van der Waals surface area (Å²) in [6.45, 7) is 4.50. The summed E-state index contributed by atoms with van der Waals surface area (Å²) in [5.74, 6) is 0.771. The number of ether oxygens (including phenoxy) is 1. The van der Waals surface area contributed by atoms with Gasteiger partial charge in [0.25, 0.3) is 0 Å². The molecule has 22 heavy (non-hydrogen) atoms. The maximum absolute atomic E-state index is 11.5. The summed E-state index contributed by atoms with van der Waals surface area (Å²) in [7, 11) is 0. The predicted molar refractivity (Wildman–Crippen MR) is 87.4 cm³/mol. The van der Waals surface area contributed by atoms with E-state index in [2.05, 4.69) is 6.92 Å². The standard InChI is InChI=1S/C19H18O3/c1-3-15-10-16-13(2)9-19(20)22-18(16)11-17(15)21-12-14-7-5-4-6-8-14/h4-11H,3,12H2,1-2H3. The van der Waals surface area contributed by atoms with E-state index in [1.807, 2.05) is 49.4 Å². The Kier molecular flexibility index (Phi) is 3.96. The first kappa shape index (κ1) is 14.4. The Labute approximate surface area is 129 Å². The summed E-state index contributed by atoms with van der Waals surface area (Å²) in [6, 6.07) is 15.4. The summed E-state index contributed by atoms with van der Waals surface area (Å²) < 4.78 is 11.2. The zero-order chi connectivity index (χ0) is 15.5. The van der Waals surface area contributed by atoms with E-state index in [-0.39, 0.29) is 5.63 Å². The second-order valence-electron chi connectivity index (χ2n) is 5.33. The van der Waals surface area contributed by atoms with Gasteiger partial charge in [-0.05, 0) is 36.1 Å². The van der Waals surface area contributed by atoms with E-state index in [0.717, 1.165) is 34.2 Å². The third-order valence-electron chi connectivity index (χ3n) is 3.75. The lowest BCUT2D eigenvalue weighted by Gasteiger charge is -2.12. The number of benzene rings is 2.